The van der Waals surface area contributed by atoms with Crippen molar-refractivity contribution in [1.82, 2.24) is 5.43 Å². The Labute approximate surface area is 165 Å². The molecule has 128 valence electrons. The molecule has 9 heteroatoms. The lowest BCUT2D eigenvalue weighted by atomic mass is 10.2. The number of carboxylic acids is 1. The molecule has 0 unspecified atom stereocenters. The number of anilines is 1. The maximum atomic E-state index is 12.6. The van der Waals surface area contributed by atoms with Gasteiger partial charge in [-0.2, -0.15) is 0 Å². The van der Waals surface area contributed by atoms with E-state index in [9.17, 15) is 14.4 Å². The first kappa shape index (κ1) is 18.0. The van der Waals surface area contributed by atoms with E-state index in [1.165, 1.54) is 22.4 Å². The number of rotatable bonds is 5. The van der Waals surface area contributed by atoms with Gasteiger partial charge in [0, 0.05) is 3.57 Å². The molecule has 0 bridgehead atoms. The molecule has 3 rings (SSSR count). The highest BCUT2D eigenvalue weighted by atomic mass is 127. The summed E-state index contributed by atoms with van der Waals surface area (Å²) in [7, 11) is 0. The molecule has 6 nitrogen and oxygen atoms in total. The SMILES string of the molecule is O=C(O)CSc1sccc1C=C1C(=O)NN(c2ccc(I)cc2)C1=O. The van der Waals surface area contributed by atoms with E-state index in [4.69, 9.17) is 5.11 Å². The minimum Gasteiger partial charge on any atom is -0.481 e. The zero-order valence-corrected chi connectivity index (χ0v) is 16.4. The van der Waals surface area contributed by atoms with E-state index in [1.807, 2.05) is 12.1 Å². The zero-order chi connectivity index (χ0) is 18.0. The van der Waals surface area contributed by atoms with Crippen LogP contribution in [0.25, 0.3) is 6.08 Å². The maximum absolute atomic E-state index is 12.6. The summed E-state index contributed by atoms with van der Waals surface area (Å²) in [6, 6.07) is 8.95. The summed E-state index contributed by atoms with van der Waals surface area (Å²) in [6.07, 6.45) is 1.51. The quantitative estimate of drug-likeness (QED) is 0.294. The number of carbonyl (C=O) groups excluding carboxylic acids is 2. The van der Waals surface area contributed by atoms with Crippen LogP contribution in [-0.4, -0.2) is 28.6 Å². The van der Waals surface area contributed by atoms with Gasteiger partial charge in [0.1, 0.15) is 5.57 Å². The molecule has 0 atom stereocenters. The Morgan fingerprint density at radius 2 is 2.00 bits per heavy atom. The number of halogens is 1. The van der Waals surface area contributed by atoms with Crippen LogP contribution in [0.5, 0.6) is 0 Å². The summed E-state index contributed by atoms with van der Waals surface area (Å²) in [5.74, 6) is -1.92. The normalized spacial score (nSPS) is 15.7. The first-order valence-corrected chi connectivity index (χ1v) is 9.95. The third-order valence-corrected chi connectivity index (χ3v) is 6.23. The highest BCUT2D eigenvalue weighted by Crippen LogP contribution is 2.31. The van der Waals surface area contributed by atoms with Crippen molar-refractivity contribution in [3.63, 3.8) is 0 Å². The van der Waals surface area contributed by atoms with Crippen molar-refractivity contribution in [3.8, 4) is 0 Å². The topological polar surface area (TPSA) is 86.7 Å². The second kappa shape index (κ2) is 7.58. The van der Waals surface area contributed by atoms with E-state index in [-0.39, 0.29) is 11.3 Å². The van der Waals surface area contributed by atoms with Gasteiger partial charge in [-0.25, -0.2) is 5.01 Å². The molecule has 1 fully saturated rings. The van der Waals surface area contributed by atoms with E-state index < -0.39 is 17.8 Å². The molecule has 1 aliphatic rings. The van der Waals surface area contributed by atoms with Gasteiger partial charge in [-0.3, -0.25) is 19.8 Å². The Morgan fingerprint density at radius 3 is 2.68 bits per heavy atom. The number of amides is 2. The van der Waals surface area contributed by atoms with Crippen molar-refractivity contribution in [2.45, 2.75) is 4.21 Å². The zero-order valence-electron chi connectivity index (χ0n) is 12.6. The summed E-state index contributed by atoms with van der Waals surface area (Å²) in [4.78, 5) is 35.5. The van der Waals surface area contributed by atoms with E-state index in [0.29, 0.717) is 11.3 Å². The smallest absolute Gasteiger partial charge is 0.313 e. The molecule has 2 amide bonds. The lowest BCUT2D eigenvalue weighted by molar-refractivity contribution is -0.134. The van der Waals surface area contributed by atoms with E-state index in [0.717, 1.165) is 19.5 Å². The number of aliphatic carboxylic acids is 1. The lowest BCUT2D eigenvalue weighted by Gasteiger charge is -2.14. The van der Waals surface area contributed by atoms with Crippen LogP contribution in [0.3, 0.4) is 0 Å². The molecule has 1 aromatic carbocycles. The van der Waals surface area contributed by atoms with Gasteiger partial charge in [-0.15, -0.1) is 23.1 Å². The molecule has 1 saturated heterocycles. The van der Waals surface area contributed by atoms with Gasteiger partial charge >= 0.3 is 5.97 Å². The van der Waals surface area contributed by atoms with Gasteiger partial charge in [0.2, 0.25) is 0 Å². The minimum atomic E-state index is -0.920. The van der Waals surface area contributed by atoms with Gasteiger partial charge in [0.05, 0.1) is 15.6 Å². The molecule has 2 N–H and O–H groups in total. The van der Waals surface area contributed by atoms with Crippen molar-refractivity contribution in [2.24, 2.45) is 0 Å². The highest BCUT2D eigenvalue weighted by Gasteiger charge is 2.34. The van der Waals surface area contributed by atoms with Gasteiger partial charge < -0.3 is 5.11 Å². The number of hydrogen-bond acceptors (Lipinski definition) is 5. The minimum absolute atomic E-state index is 0.0223. The monoisotopic (exact) mass is 486 g/mol. The molecule has 2 heterocycles. The number of thioether (sulfide) groups is 1. The van der Waals surface area contributed by atoms with E-state index >= 15 is 0 Å². The van der Waals surface area contributed by atoms with Crippen LogP contribution < -0.4 is 10.4 Å². The Hall–Kier alpha value is -1.85. The average Bonchev–Trinajstić information content (AvgIpc) is 3.13. The summed E-state index contributed by atoms with van der Waals surface area (Å²) in [5.41, 5.74) is 3.81. The third kappa shape index (κ3) is 4.05. The van der Waals surface area contributed by atoms with Crippen LogP contribution in [-0.2, 0) is 14.4 Å². The summed E-state index contributed by atoms with van der Waals surface area (Å²) < 4.78 is 1.77. The van der Waals surface area contributed by atoms with Crippen LogP contribution in [0.4, 0.5) is 5.69 Å². The van der Waals surface area contributed by atoms with Gasteiger partial charge in [0.25, 0.3) is 11.8 Å². The molecule has 1 aliphatic heterocycles. The van der Waals surface area contributed by atoms with Crippen molar-refractivity contribution in [1.29, 1.82) is 0 Å². The number of nitrogens with one attached hydrogen (secondary N) is 1. The van der Waals surface area contributed by atoms with Gasteiger partial charge in [-0.05, 0) is 69.9 Å². The number of hydrogen-bond donors (Lipinski definition) is 2. The molecular weight excluding hydrogens is 475 g/mol. The Kier molecular flexibility index (Phi) is 5.45. The van der Waals surface area contributed by atoms with Crippen molar-refractivity contribution < 1.29 is 19.5 Å². The van der Waals surface area contributed by atoms with Crippen LogP contribution in [0.15, 0.2) is 45.5 Å². The van der Waals surface area contributed by atoms with Gasteiger partial charge in [0.15, 0.2) is 0 Å². The molecule has 1 aromatic heterocycles. The van der Waals surface area contributed by atoms with Crippen LogP contribution >= 0.6 is 45.7 Å². The van der Waals surface area contributed by atoms with Crippen molar-refractivity contribution >= 4 is 75.2 Å². The molecule has 25 heavy (non-hydrogen) atoms. The number of carbonyl (C=O) groups is 3. The number of carboxylic acid groups (broad SMARTS) is 1. The first-order chi connectivity index (χ1) is 12.0. The second-order valence-corrected chi connectivity index (χ2v) is 8.37. The fourth-order valence-corrected chi connectivity index (χ4v) is 4.27. The first-order valence-electron chi connectivity index (χ1n) is 7.00. The van der Waals surface area contributed by atoms with Crippen LogP contribution in [0, 0.1) is 3.57 Å². The van der Waals surface area contributed by atoms with Crippen LogP contribution in [0.2, 0.25) is 0 Å². The standard InChI is InChI=1S/C16H11IN2O4S2/c17-10-1-3-11(4-2-10)19-15(23)12(14(22)18-19)7-9-5-6-24-16(9)25-8-13(20)21/h1-7H,8H2,(H,18,22)(H,20,21). The fourth-order valence-electron chi connectivity index (χ4n) is 2.14. The van der Waals surface area contributed by atoms with Crippen molar-refractivity contribution in [2.75, 3.05) is 10.8 Å². The van der Waals surface area contributed by atoms with E-state index in [2.05, 4.69) is 28.0 Å². The largest absolute Gasteiger partial charge is 0.481 e. The Balaban J connectivity index is 1.85. The predicted octanol–water partition coefficient (Wildman–Crippen LogP) is 2.99. The molecule has 0 saturated carbocycles. The third-order valence-electron chi connectivity index (χ3n) is 3.26. The number of benzene rings is 1. The predicted molar refractivity (Wildman–Crippen MR) is 105 cm³/mol. The summed E-state index contributed by atoms with van der Waals surface area (Å²) in [6.45, 7) is 0. The molecule has 0 spiro atoms. The number of thiophene rings is 1. The second-order valence-electron chi connectivity index (χ2n) is 4.96. The Morgan fingerprint density at radius 1 is 1.28 bits per heavy atom. The molecule has 0 radical (unpaired) electrons. The van der Waals surface area contributed by atoms with Crippen molar-refractivity contribution in [3.05, 3.63) is 50.4 Å². The number of hydrazine groups is 1. The van der Waals surface area contributed by atoms with Gasteiger partial charge in [-0.1, -0.05) is 0 Å². The molecule has 2 aromatic rings. The summed E-state index contributed by atoms with van der Waals surface area (Å²) in [5, 5.41) is 11.8. The average molecular weight is 486 g/mol. The number of nitrogens with zero attached hydrogens (tertiary/aromatic N) is 1. The maximum Gasteiger partial charge on any atom is 0.313 e. The van der Waals surface area contributed by atoms with E-state index in [1.54, 1.807) is 23.6 Å². The Bertz CT molecular complexity index is 877. The fraction of sp³-hybridized carbons (Fsp3) is 0.0625. The molecule has 0 aliphatic carbocycles. The summed E-state index contributed by atoms with van der Waals surface area (Å²) >= 11 is 4.70. The molecular formula is C16H11IN2O4S2. The van der Waals surface area contributed by atoms with Crippen LogP contribution in [0.1, 0.15) is 5.56 Å². The highest BCUT2D eigenvalue weighted by molar-refractivity contribution is 14.1. The lowest BCUT2D eigenvalue weighted by Crippen LogP contribution is -2.35.